The maximum atomic E-state index is 9.55. The monoisotopic (exact) mass is 790 g/mol. The standard InChI is InChI=1S/C57H34N4O/c58-35-36-23-25-37(26-24-36)42-31-32-52-49(33-42)57(48-21-11-12-22-51(48)62-52)47-20-10-9-19-45(47)53-44-18-8-7-17-43(44)46(34-50(53)57)38-27-29-41(30-28-38)56-60-54(39-13-3-1-4-14-39)59-55(61-56)40-15-5-2-6-16-40/h1-34H. The molecule has 0 fully saturated rings. The van der Waals surface area contributed by atoms with Gasteiger partial charge in [-0.1, -0.05) is 170 Å². The molecule has 0 saturated carbocycles. The zero-order chi connectivity index (χ0) is 41.2. The van der Waals surface area contributed by atoms with Gasteiger partial charge >= 0.3 is 0 Å². The molecule has 5 nitrogen and oxygen atoms in total. The second-order valence-electron chi connectivity index (χ2n) is 15.8. The van der Waals surface area contributed by atoms with Crippen LogP contribution in [-0.2, 0) is 5.41 Å². The van der Waals surface area contributed by atoms with Crippen molar-refractivity contribution in [3.63, 3.8) is 0 Å². The van der Waals surface area contributed by atoms with E-state index in [9.17, 15) is 5.26 Å². The lowest BCUT2D eigenvalue weighted by Gasteiger charge is -2.40. The molecule has 2 heterocycles. The zero-order valence-corrected chi connectivity index (χ0v) is 33.3. The largest absolute Gasteiger partial charge is 0.457 e. The first-order chi connectivity index (χ1) is 30.7. The van der Waals surface area contributed by atoms with Gasteiger partial charge in [0.25, 0.3) is 0 Å². The molecule has 1 aliphatic carbocycles. The molecule has 1 aromatic heterocycles. The number of aromatic nitrogens is 3. The Labute approximate surface area is 358 Å². The third kappa shape index (κ3) is 5.44. The Hall–Kier alpha value is -8.46. The Kier molecular flexibility index (Phi) is 8.06. The molecule has 0 bridgehead atoms. The average molecular weight is 791 g/mol. The van der Waals surface area contributed by atoms with Crippen molar-refractivity contribution in [2.75, 3.05) is 0 Å². The summed E-state index contributed by atoms with van der Waals surface area (Å²) in [5.41, 5.74) is 14.1. The summed E-state index contributed by atoms with van der Waals surface area (Å²) in [7, 11) is 0. The summed E-state index contributed by atoms with van der Waals surface area (Å²) in [4.78, 5) is 14.9. The smallest absolute Gasteiger partial charge is 0.164 e. The molecule has 1 atom stereocenters. The second-order valence-corrected chi connectivity index (χ2v) is 15.8. The van der Waals surface area contributed by atoms with Crippen molar-refractivity contribution in [3.8, 4) is 85.1 Å². The molecule has 0 radical (unpaired) electrons. The fraction of sp³-hybridized carbons (Fsp3) is 0.0175. The van der Waals surface area contributed by atoms with Crippen molar-refractivity contribution in [2.24, 2.45) is 0 Å². The van der Waals surface area contributed by atoms with E-state index >= 15 is 0 Å². The van der Waals surface area contributed by atoms with Gasteiger partial charge in [0.1, 0.15) is 11.5 Å². The number of ether oxygens (including phenoxy) is 1. The minimum absolute atomic E-state index is 0.617. The zero-order valence-electron chi connectivity index (χ0n) is 33.3. The minimum Gasteiger partial charge on any atom is -0.457 e. The fourth-order valence-electron chi connectivity index (χ4n) is 9.65. The number of fused-ring (bicyclic) bond motifs is 11. The molecule has 62 heavy (non-hydrogen) atoms. The van der Waals surface area contributed by atoms with E-state index in [4.69, 9.17) is 19.7 Å². The maximum absolute atomic E-state index is 9.55. The van der Waals surface area contributed by atoms with Gasteiger partial charge in [-0.15, -0.1) is 0 Å². The van der Waals surface area contributed by atoms with E-state index in [1.807, 2.05) is 84.9 Å². The van der Waals surface area contributed by atoms with E-state index in [0.29, 0.717) is 23.0 Å². The fourth-order valence-corrected chi connectivity index (χ4v) is 9.65. The van der Waals surface area contributed by atoms with Crippen molar-refractivity contribution in [1.29, 1.82) is 5.26 Å². The molecule has 5 heteroatoms. The van der Waals surface area contributed by atoms with E-state index in [1.54, 1.807) is 0 Å². The van der Waals surface area contributed by atoms with E-state index in [2.05, 4.69) is 127 Å². The SMILES string of the molecule is N#Cc1ccc(-c2ccc3c(c2)C2(c4ccccc4O3)c3ccccc3-c3c2cc(-c2ccc(-c4nc(-c5ccccc5)nc(-c5ccccc5)n4)cc2)c2ccccc32)cc1. The summed E-state index contributed by atoms with van der Waals surface area (Å²) in [6.07, 6.45) is 0. The van der Waals surface area contributed by atoms with E-state index in [-0.39, 0.29) is 0 Å². The van der Waals surface area contributed by atoms with Crippen molar-refractivity contribution >= 4 is 10.8 Å². The number of rotatable bonds is 5. The Balaban J connectivity index is 1.07. The van der Waals surface area contributed by atoms with Crippen LogP contribution in [0.2, 0.25) is 0 Å². The van der Waals surface area contributed by atoms with Crippen LogP contribution in [0.3, 0.4) is 0 Å². The third-order valence-electron chi connectivity index (χ3n) is 12.4. The highest BCUT2D eigenvalue weighted by atomic mass is 16.5. The average Bonchev–Trinajstić information content (AvgIpc) is 3.64. The number of nitriles is 1. The summed E-state index contributed by atoms with van der Waals surface area (Å²) < 4.78 is 6.79. The molecule has 0 amide bonds. The lowest BCUT2D eigenvalue weighted by Crippen LogP contribution is -2.32. The summed E-state index contributed by atoms with van der Waals surface area (Å²) >= 11 is 0. The first kappa shape index (κ1) is 35.5. The number of hydrogen-bond donors (Lipinski definition) is 0. The van der Waals surface area contributed by atoms with Crippen LogP contribution in [0.15, 0.2) is 206 Å². The van der Waals surface area contributed by atoms with Gasteiger partial charge in [0.15, 0.2) is 17.5 Å². The molecule has 1 unspecified atom stereocenters. The van der Waals surface area contributed by atoms with Crippen LogP contribution in [0.1, 0.15) is 27.8 Å². The number of benzene rings is 9. The van der Waals surface area contributed by atoms with Crippen LogP contribution in [0, 0.1) is 11.3 Å². The Morgan fingerprint density at radius 1 is 0.371 bits per heavy atom. The van der Waals surface area contributed by atoms with Crippen LogP contribution in [0.25, 0.3) is 78.3 Å². The first-order valence-electron chi connectivity index (χ1n) is 20.7. The van der Waals surface area contributed by atoms with Gasteiger partial charge < -0.3 is 4.74 Å². The summed E-state index contributed by atoms with van der Waals surface area (Å²) in [6, 6.07) is 74.0. The lowest BCUT2D eigenvalue weighted by atomic mass is 9.65. The summed E-state index contributed by atoms with van der Waals surface area (Å²) in [5, 5.41) is 11.9. The number of nitrogens with zero attached hydrogens (tertiary/aromatic N) is 4. The van der Waals surface area contributed by atoms with Gasteiger partial charge in [0, 0.05) is 27.8 Å². The van der Waals surface area contributed by atoms with Crippen LogP contribution >= 0.6 is 0 Å². The predicted molar refractivity (Wildman–Crippen MR) is 247 cm³/mol. The number of hydrogen-bond acceptors (Lipinski definition) is 5. The maximum Gasteiger partial charge on any atom is 0.164 e. The van der Waals surface area contributed by atoms with Gasteiger partial charge in [-0.2, -0.15) is 5.26 Å². The molecule has 9 aromatic carbocycles. The highest BCUT2D eigenvalue weighted by Gasteiger charge is 2.52. The Bertz CT molecular complexity index is 3370. The van der Waals surface area contributed by atoms with Gasteiger partial charge in [0.05, 0.1) is 17.0 Å². The van der Waals surface area contributed by atoms with Crippen molar-refractivity contribution in [2.45, 2.75) is 5.41 Å². The van der Waals surface area contributed by atoms with Gasteiger partial charge in [-0.3, -0.25) is 0 Å². The summed E-state index contributed by atoms with van der Waals surface area (Å²) in [6.45, 7) is 0. The number of para-hydroxylation sites is 1. The van der Waals surface area contributed by atoms with Gasteiger partial charge in [0.2, 0.25) is 0 Å². The van der Waals surface area contributed by atoms with Crippen LogP contribution in [0.5, 0.6) is 11.5 Å². The van der Waals surface area contributed by atoms with Gasteiger partial charge in [-0.05, 0) is 91.7 Å². The molecule has 1 spiro atoms. The Morgan fingerprint density at radius 2 is 0.887 bits per heavy atom. The molecule has 2 aliphatic rings. The predicted octanol–water partition coefficient (Wildman–Crippen LogP) is 13.7. The van der Waals surface area contributed by atoms with E-state index in [1.165, 1.54) is 33.0 Å². The molecular formula is C57H34N4O. The van der Waals surface area contributed by atoms with Crippen LogP contribution < -0.4 is 4.74 Å². The highest BCUT2D eigenvalue weighted by molar-refractivity contribution is 6.10. The quantitative estimate of drug-likeness (QED) is 0.174. The highest BCUT2D eigenvalue weighted by Crippen LogP contribution is 2.64. The third-order valence-corrected chi connectivity index (χ3v) is 12.4. The van der Waals surface area contributed by atoms with Crippen molar-refractivity contribution in [3.05, 3.63) is 234 Å². The molecule has 0 saturated heterocycles. The summed E-state index contributed by atoms with van der Waals surface area (Å²) in [5.74, 6) is 3.55. The van der Waals surface area contributed by atoms with Crippen LogP contribution in [0.4, 0.5) is 0 Å². The topological polar surface area (TPSA) is 71.7 Å². The minimum atomic E-state index is -0.690. The van der Waals surface area contributed by atoms with Crippen molar-refractivity contribution in [1.82, 2.24) is 15.0 Å². The molecule has 1 aliphatic heterocycles. The van der Waals surface area contributed by atoms with Gasteiger partial charge in [-0.25, -0.2) is 15.0 Å². The Morgan fingerprint density at radius 3 is 1.56 bits per heavy atom. The molecule has 10 aromatic rings. The molecule has 12 rings (SSSR count). The van der Waals surface area contributed by atoms with E-state index in [0.717, 1.165) is 61.6 Å². The molecular weight excluding hydrogens is 757 g/mol. The van der Waals surface area contributed by atoms with Crippen molar-refractivity contribution < 1.29 is 4.74 Å². The van der Waals surface area contributed by atoms with Crippen LogP contribution in [-0.4, -0.2) is 15.0 Å². The first-order valence-corrected chi connectivity index (χ1v) is 20.7. The second kappa shape index (κ2) is 14.1. The normalized spacial score (nSPS) is 14.3. The lowest BCUT2D eigenvalue weighted by molar-refractivity contribution is 0.436. The molecule has 0 N–H and O–H groups in total. The van der Waals surface area contributed by atoms with E-state index < -0.39 is 5.41 Å². The molecule has 288 valence electrons.